The Morgan fingerprint density at radius 3 is 2.78 bits per heavy atom. The molecule has 1 aromatic heterocycles. The monoisotopic (exact) mass is 240 g/mol. The lowest BCUT2D eigenvalue weighted by Gasteiger charge is -1.98. The van der Waals surface area contributed by atoms with E-state index in [1.807, 2.05) is 36.4 Å². The van der Waals surface area contributed by atoms with Crippen LogP contribution in [-0.4, -0.2) is 10.9 Å². The number of anilines is 1. The molecule has 0 amide bonds. The van der Waals surface area contributed by atoms with Crippen molar-refractivity contribution in [3.05, 3.63) is 42.2 Å². The average Bonchev–Trinajstić information content (AvgIpc) is 2.76. The smallest absolute Gasteiger partial charge is 0.175 e. The first-order valence-corrected chi connectivity index (χ1v) is 5.61. The summed E-state index contributed by atoms with van der Waals surface area (Å²) in [5.74, 6) is 0.420. The van der Waals surface area contributed by atoms with Crippen LogP contribution in [-0.2, 0) is 0 Å². The number of nitrogens with two attached hydrogens (primary N) is 1. The molecule has 3 rings (SSSR count). The molecule has 4 heteroatoms. The zero-order chi connectivity index (χ0) is 12.7. The number of fused-ring (bicyclic) bond motifs is 3. The highest BCUT2D eigenvalue weighted by Gasteiger charge is 2.16. The minimum atomic E-state index is 0.368. The molecule has 0 spiro atoms. The molecule has 2 aromatic carbocycles. The van der Waals surface area contributed by atoms with Crippen LogP contribution in [0.1, 0.15) is 12.7 Å². The molecule has 0 atom stereocenters. The summed E-state index contributed by atoms with van der Waals surface area (Å²) in [5, 5.41) is 15.0. The van der Waals surface area contributed by atoms with Crippen LogP contribution in [0.15, 0.2) is 46.0 Å². The van der Waals surface area contributed by atoms with Gasteiger partial charge >= 0.3 is 0 Å². The Hall–Kier alpha value is -2.49. The fourth-order valence-electron chi connectivity index (χ4n) is 2.21. The zero-order valence-corrected chi connectivity index (χ0v) is 9.84. The van der Waals surface area contributed by atoms with E-state index < -0.39 is 0 Å². The van der Waals surface area contributed by atoms with Crippen LogP contribution in [0.25, 0.3) is 21.7 Å². The number of nitrogens with zero attached hydrogens (tertiary/aromatic N) is 1. The third kappa shape index (κ3) is 1.35. The van der Waals surface area contributed by atoms with Gasteiger partial charge in [0.2, 0.25) is 0 Å². The second-order valence-corrected chi connectivity index (χ2v) is 4.19. The van der Waals surface area contributed by atoms with Gasteiger partial charge in [0, 0.05) is 0 Å². The maximum absolute atomic E-state index is 8.82. The van der Waals surface area contributed by atoms with Gasteiger partial charge in [0.15, 0.2) is 5.76 Å². The van der Waals surface area contributed by atoms with Crippen molar-refractivity contribution in [2.45, 2.75) is 6.92 Å². The third-order valence-corrected chi connectivity index (χ3v) is 3.10. The number of furan rings is 1. The lowest BCUT2D eigenvalue weighted by Crippen LogP contribution is -1.97. The summed E-state index contributed by atoms with van der Waals surface area (Å²) in [6.45, 7) is 1.65. The Bertz CT molecular complexity index is 772. The van der Waals surface area contributed by atoms with Crippen molar-refractivity contribution < 1.29 is 9.62 Å². The molecule has 0 aliphatic heterocycles. The molecule has 0 bridgehead atoms. The van der Waals surface area contributed by atoms with Crippen molar-refractivity contribution in [3.63, 3.8) is 0 Å². The van der Waals surface area contributed by atoms with E-state index in [1.54, 1.807) is 6.92 Å². The van der Waals surface area contributed by atoms with Crippen LogP contribution in [0, 0.1) is 0 Å². The van der Waals surface area contributed by atoms with E-state index in [1.165, 1.54) is 0 Å². The van der Waals surface area contributed by atoms with Crippen molar-refractivity contribution in [1.82, 2.24) is 0 Å². The number of oxime groups is 1. The van der Waals surface area contributed by atoms with Gasteiger partial charge in [-0.15, -0.1) is 0 Å². The summed E-state index contributed by atoms with van der Waals surface area (Å²) in [4.78, 5) is 0. The van der Waals surface area contributed by atoms with Crippen molar-refractivity contribution >= 4 is 33.1 Å². The van der Waals surface area contributed by atoms with Crippen LogP contribution in [0.2, 0.25) is 0 Å². The van der Waals surface area contributed by atoms with E-state index >= 15 is 0 Å². The zero-order valence-electron chi connectivity index (χ0n) is 9.84. The van der Waals surface area contributed by atoms with Gasteiger partial charge in [0.1, 0.15) is 11.3 Å². The Morgan fingerprint density at radius 2 is 2.00 bits per heavy atom. The van der Waals surface area contributed by atoms with Crippen molar-refractivity contribution in [1.29, 1.82) is 0 Å². The Morgan fingerprint density at radius 1 is 1.22 bits per heavy atom. The molecular formula is C14H12N2O2. The Labute approximate surface area is 103 Å². The predicted octanol–water partition coefficient (Wildman–Crippen LogP) is 3.37. The summed E-state index contributed by atoms with van der Waals surface area (Å²) in [5.41, 5.74) is 7.67. The van der Waals surface area contributed by atoms with Gasteiger partial charge in [-0.1, -0.05) is 35.5 Å². The lowest BCUT2D eigenvalue weighted by molar-refractivity contribution is 0.318. The molecule has 3 aromatic rings. The van der Waals surface area contributed by atoms with Gasteiger partial charge in [-0.2, -0.15) is 0 Å². The topological polar surface area (TPSA) is 71.8 Å². The summed E-state index contributed by atoms with van der Waals surface area (Å²) in [6.07, 6.45) is 0. The molecule has 4 nitrogen and oxygen atoms in total. The summed E-state index contributed by atoms with van der Waals surface area (Å²) in [6, 6.07) is 11.8. The van der Waals surface area contributed by atoms with E-state index in [0.717, 1.165) is 16.2 Å². The number of rotatable bonds is 1. The number of nitrogen functional groups attached to an aromatic ring is 1. The number of benzene rings is 2. The molecule has 3 N–H and O–H groups in total. The molecule has 1 heterocycles. The molecule has 0 radical (unpaired) electrons. The normalized spacial score (nSPS) is 12.4. The quantitative estimate of drug-likeness (QED) is 0.389. The molecule has 0 saturated heterocycles. The molecule has 0 unspecified atom stereocenters. The Kier molecular flexibility index (Phi) is 2.23. The maximum atomic E-state index is 8.82. The molecular weight excluding hydrogens is 228 g/mol. The highest BCUT2D eigenvalue weighted by Crippen LogP contribution is 2.34. The van der Waals surface area contributed by atoms with E-state index in [-0.39, 0.29) is 0 Å². The van der Waals surface area contributed by atoms with Crippen LogP contribution < -0.4 is 5.73 Å². The van der Waals surface area contributed by atoms with Gasteiger partial charge in [-0.25, -0.2) is 0 Å². The molecule has 0 fully saturated rings. The first-order valence-electron chi connectivity index (χ1n) is 5.61. The average molecular weight is 240 g/mol. The highest BCUT2D eigenvalue weighted by molar-refractivity contribution is 6.16. The van der Waals surface area contributed by atoms with Crippen LogP contribution >= 0.6 is 0 Å². The fourth-order valence-corrected chi connectivity index (χ4v) is 2.21. The first-order chi connectivity index (χ1) is 8.72. The van der Waals surface area contributed by atoms with Crippen LogP contribution in [0.4, 0.5) is 5.69 Å². The predicted molar refractivity (Wildman–Crippen MR) is 72.1 cm³/mol. The SMILES string of the molecule is CC(=NO)c1oc2ccc3ccccc3c2c1N. The summed E-state index contributed by atoms with van der Waals surface area (Å²) >= 11 is 0. The number of hydrogen-bond acceptors (Lipinski definition) is 4. The minimum absolute atomic E-state index is 0.368. The standard InChI is InChI=1S/C14H12N2O2/c1-8(16-17)14-13(15)12-10-5-3-2-4-9(10)6-7-11(12)18-14/h2-7,17H,15H2,1H3. The van der Waals surface area contributed by atoms with E-state index in [9.17, 15) is 0 Å². The van der Waals surface area contributed by atoms with E-state index in [2.05, 4.69) is 5.16 Å². The van der Waals surface area contributed by atoms with Gasteiger partial charge in [-0.3, -0.25) is 0 Å². The van der Waals surface area contributed by atoms with Crippen LogP contribution in [0.3, 0.4) is 0 Å². The van der Waals surface area contributed by atoms with Crippen molar-refractivity contribution in [2.75, 3.05) is 5.73 Å². The largest absolute Gasteiger partial charge is 0.452 e. The third-order valence-electron chi connectivity index (χ3n) is 3.10. The van der Waals surface area contributed by atoms with Gasteiger partial charge in [0.25, 0.3) is 0 Å². The lowest BCUT2D eigenvalue weighted by atomic mass is 10.1. The highest BCUT2D eigenvalue weighted by atomic mass is 16.4. The molecule has 0 aliphatic carbocycles. The van der Waals surface area contributed by atoms with Gasteiger partial charge < -0.3 is 15.4 Å². The Balaban J connectivity index is 2.48. The molecule has 0 aliphatic rings. The van der Waals surface area contributed by atoms with Crippen LogP contribution in [0.5, 0.6) is 0 Å². The first kappa shape index (κ1) is 10.7. The van der Waals surface area contributed by atoms with E-state index in [0.29, 0.717) is 22.7 Å². The van der Waals surface area contributed by atoms with Gasteiger partial charge in [0.05, 0.1) is 11.1 Å². The summed E-state index contributed by atoms with van der Waals surface area (Å²) in [7, 11) is 0. The fraction of sp³-hybridized carbons (Fsp3) is 0.0714. The second kappa shape index (κ2) is 3.77. The summed E-state index contributed by atoms with van der Waals surface area (Å²) < 4.78 is 5.64. The van der Waals surface area contributed by atoms with Gasteiger partial charge in [-0.05, 0) is 23.8 Å². The molecule has 90 valence electrons. The van der Waals surface area contributed by atoms with Crippen molar-refractivity contribution in [3.8, 4) is 0 Å². The minimum Gasteiger partial charge on any atom is -0.452 e. The molecule has 18 heavy (non-hydrogen) atoms. The second-order valence-electron chi connectivity index (χ2n) is 4.19. The maximum Gasteiger partial charge on any atom is 0.175 e. The molecule has 0 saturated carbocycles. The van der Waals surface area contributed by atoms with Crippen molar-refractivity contribution in [2.24, 2.45) is 5.16 Å². The van der Waals surface area contributed by atoms with E-state index in [4.69, 9.17) is 15.4 Å². The number of hydrogen-bond donors (Lipinski definition) is 2.